The van der Waals surface area contributed by atoms with Crippen LogP contribution in [0.25, 0.3) is 0 Å². The molecule has 0 fully saturated rings. The highest BCUT2D eigenvalue weighted by Crippen LogP contribution is 2.09. The minimum absolute atomic E-state index is 0.0351. The largest absolute Gasteiger partial charge is 0.487 e. The van der Waals surface area contributed by atoms with E-state index in [4.69, 9.17) is 4.74 Å². The minimum Gasteiger partial charge on any atom is -0.487 e. The van der Waals surface area contributed by atoms with Gasteiger partial charge in [-0.3, -0.25) is 4.79 Å². The number of nitrogens with zero attached hydrogens (tertiary/aromatic N) is 1. The van der Waals surface area contributed by atoms with Gasteiger partial charge in [0.05, 0.1) is 0 Å². The lowest BCUT2D eigenvalue weighted by molar-refractivity contribution is 0.303. The van der Waals surface area contributed by atoms with Crippen LogP contribution in [0.4, 0.5) is 0 Å². The van der Waals surface area contributed by atoms with E-state index < -0.39 is 0 Å². The first-order chi connectivity index (χ1) is 7.75. The minimum atomic E-state index is -0.0351. The van der Waals surface area contributed by atoms with Crippen molar-refractivity contribution in [2.75, 3.05) is 0 Å². The molecule has 0 spiro atoms. The third kappa shape index (κ3) is 2.51. The summed E-state index contributed by atoms with van der Waals surface area (Å²) in [5.41, 5.74) is 1.07. The van der Waals surface area contributed by atoms with Crippen molar-refractivity contribution in [3.05, 3.63) is 64.6 Å². The molecule has 2 aromatic rings. The van der Waals surface area contributed by atoms with Crippen LogP contribution >= 0.6 is 0 Å². The van der Waals surface area contributed by atoms with Crippen molar-refractivity contribution < 1.29 is 4.74 Å². The number of benzene rings is 1. The molecule has 1 aromatic carbocycles. The highest BCUT2D eigenvalue weighted by Gasteiger charge is 1.97. The number of pyridine rings is 1. The SMILES string of the molecule is Cn1cc(OCc2ccccc2)ccc1=O. The smallest absolute Gasteiger partial charge is 0.250 e. The third-order valence-electron chi connectivity index (χ3n) is 2.31. The zero-order valence-corrected chi connectivity index (χ0v) is 9.09. The molecule has 0 atom stereocenters. The van der Waals surface area contributed by atoms with Crippen LogP contribution in [-0.4, -0.2) is 4.57 Å². The maximum Gasteiger partial charge on any atom is 0.250 e. The van der Waals surface area contributed by atoms with Gasteiger partial charge in [-0.05, 0) is 11.6 Å². The van der Waals surface area contributed by atoms with Gasteiger partial charge in [0.15, 0.2) is 0 Å². The zero-order valence-electron chi connectivity index (χ0n) is 9.09. The van der Waals surface area contributed by atoms with Crippen LogP contribution in [0.15, 0.2) is 53.5 Å². The standard InChI is InChI=1S/C13H13NO2/c1-14-9-12(7-8-13(14)15)16-10-11-5-3-2-4-6-11/h2-9H,10H2,1H3. The molecule has 16 heavy (non-hydrogen) atoms. The second-order valence-electron chi connectivity index (χ2n) is 3.59. The van der Waals surface area contributed by atoms with Gasteiger partial charge in [0, 0.05) is 19.3 Å². The van der Waals surface area contributed by atoms with Crippen molar-refractivity contribution in [2.24, 2.45) is 7.05 Å². The quantitative estimate of drug-likeness (QED) is 0.783. The van der Waals surface area contributed by atoms with E-state index in [0.29, 0.717) is 12.4 Å². The summed E-state index contributed by atoms with van der Waals surface area (Å²) in [6, 6.07) is 13.1. The molecule has 0 saturated heterocycles. The highest BCUT2D eigenvalue weighted by atomic mass is 16.5. The average Bonchev–Trinajstić information content (AvgIpc) is 2.32. The lowest BCUT2D eigenvalue weighted by atomic mass is 10.2. The summed E-state index contributed by atoms with van der Waals surface area (Å²) in [7, 11) is 1.71. The Morgan fingerprint density at radius 1 is 1.12 bits per heavy atom. The van der Waals surface area contributed by atoms with Crippen LogP contribution in [0.2, 0.25) is 0 Å². The van der Waals surface area contributed by atoms with E-state index in [0.717, 1.165) is 5.56 Å². The normalized spacial score (nSPS) is 10.1. The van der Waals surface area contributed by atoms with Crippen LogP contribution in [-0.2, 0) is 13.7 Å². The van der Waals surface area contributed by atoms with Crippen molar-refractivity contribution >= 4 is 0 Å². The molecular formula is C13H13NO2. The molecule has 0 aliphatic carbocycles. The number of hydrogen-bond donors (Lipinski definition) is 0. The summed E-state index contributed by atoms with van der Waals surface area (Å²) in [4.78, 5) is 11.2. The molecule has 3 heteroatoms. The molecule has 0 amide bonds. The molecule has 0 saturated carbocycles. The van der Waals surface area contributed by atoms with Gasteiger partial charge in [-0.25, -0.2) is 0 Å². The Hall–Kier alpha value is -2.03. The first kappa shape index (κ1) is 10.5. The van der Waals surface area contributed by atoms with Crippen molar-refractivity contribution in [3.8, 4) is 5.75 Å². The van der Waals surface area contributed by atoms with Crippen LogP contribution in [0.1, 0.15) is 5.56 Å². The molecule has 0 aliphatic rings. The van der Waals surface area contributed by atoms with E-state index in [1.54, 1.807) is 19.3 Å². The van der Waals surface area contributed by atoms with Crippen molar-refractivity contribution in [1.82, 2.24) is 4.57 Å². The van der Waals surface area contributed by atoms with E-state index in [2.05, 4.69) is 0 Å². The van der Waals surface area contributed by atoms with E-state index in [9.17, 15) is 4.79 Å². The predicted molar refractivity (Wildman–Crippen MR) is 62.5 cm³/mol. The van der Waals surface area contributed by atoms with Crippen molar-refractivity contribution in [3.63, 3.8) is 0 Å². The zero-order chi connectivity index (χ0) is 11.4. The molecule has 0 aliphatic heterocycles. The van der Waals surface area contributed by atoms with E-state index in [1.807, 2.05) is 30.3 Å². The molecule has 0 N–H and O–H groups in total. The number of aromatic nitrogens is 1. The molecule has 2 rings (SSSR count). The Bertz CT molecular complexity index is 517. The van der Waals surface area contributed by atoms with E-state index in [1.165, 1.54) is 10.6 Å². The second-order valence-corrected chi connectivity index (χ2v) is 3.59. The topological polar surface area (TPSA) is 31.2 Å². The third-order valence-corrected chi connectivity index (χ3v) is 2.31. The highest BCUT2D eigenvalue weighted by molar-refractivity contribution is 5.19. The molecule has 3 nitrogen and oxygen atoms in total. The summed E-state index contributed by atoms with van der Waals surface area (Å²) in [6.07, 6.45) is 1.69. The fraction of sp³-hybridized carbons (Fsp3) is 0.154. The van der Waals surface area contributed by atoms with Gasteiger partial charge in [-0.15, -0.1) is 0 Å². The maximum absolute atomic E-state index is 11.2. The van der Waals surface area contributed by atoms with E-state index in [-0.39, 0.29) is 5.56 Å². The number of aryl methyl sites for hydroxylation is 1. The van der Waals surface area contributed by atoms with Crippen LogP contribution in [0.5, 0.6) is 5.75 Å². The molecule has 0 radical (unpaired) electrons. The molecule has 0 unspecified atom stereocenters. The Labute approximate surface area is 93.9 Å². The Balaban J connectivity index is 2.05. The molecule has 82 valence electrons. The Morgan fingerprint density at radius 3 is 2.56 bits per heavy atom. The molecule has 1 heterocycles. The monoisotopic (exact) mass is 215 g/mol. The first-order valence-corrected chi connectivity index (χ1v) is 5.09. The summed E-state index contributed by atoms with van der Waals surface area (Å²) < 4.78 is 7.07. The van der Waals surface area contributed by atoms with Crippen LogP contribution in [0.3, 0.4) is 0 Å². The average molecular weight is 215 g/mol. The van der Waals surface area contributed by atoms with Gasteiger partial charge in [0.1, 0.15) is 12.4 Å². The fourth-order valence-corrected chi connectivity index (χ4v) is 1.39. The van der Waals surface area contributed by atoms with E-state index >= 15 is 0 Å². The first-order valence-electron chi connectivity index (χ1n) is 5.09. The van der Waals surface area contributed by atoms with Crippen molar-refractivity contribution in [2.45, 2.75) is 6.61 Å². The molecule has 0 bridgehead atoms. The van der Waals surface area contributed by atoms with Gasteiger partial charge < -0.3 is 9.30 Å². The Morgan fingerprint density at radius 2 is 1.88 bits per heavy atom. The van der Waals surface area contributed by atoms with Gasteiger partial charge >= 0.3 is 0 Å². The number of rotatable bonds is 3. The van der Waals surface area contributed by atoms with Crippen LogP contribution in [0, 0.1) is 0 Å². The summed E-state index contributed by atoms with van der Waals surface area (Å²) >= 11 is 0. The van der Waals surface area contributed by atoms with Crippen LogP contribution < -0.4 is 10.3 Å². The van der Waals surface area contributed by atoms with Gasteiger partial charge in [0.2, 0.25) is 5.56 Å². The fourth-order valence-electron chi connectivity index (χ4n) is 1.39. The second kappa shape index (κ2) is 4.66. The Kier molecular flexibility index (Phi) is 3.05. The summed E-state index contributed by atoms with van der Waals surface area (Å²) in [5, 5.41) is 0. The number of hydrogen-bond acceptors (Lipinski definition) is 2. The van der Waals surface area contributed by atoms with Crippen molar-refractivity contribution in [1.29, 1.82) is 0 Å². The predicted octanol–water partition coefficient (Wildman–Crippen LogP) is 1.96. The number of ether oxygens (including phenoxy) is 1. The molecule has 1 aromatic heterocycles. The summed E-state index contributed by atoms with van der Waals surface area (Å²) in [6.45, 7) is 0.513. The maximum atomic E-state index is 11.2. The molecular weight excluding hydrogens is 202 g/mol. The van der Waals surface area contributed by atoms with Gasteiger partial charge in [-0.2, -0.15) is 0 Å². The van der Waals surface area contributed by atoms with Gasteiger partial charge in [0.25, 0.3) is 0 Å². The summed E-state index contributed by atoms with van der Waals surface area (Å²) in [5.74, 6) is 0.700. The lowest BCUT2D eigenvalue weighted by Gasteiger charge is -2.06. The lowest BCUT2D eigenvalue weighted by Crippen LogP contribution is -2.14. The van der Waals surface area contributed by atoms with Gasteiger partial charge in [-0.1, -0.05) is 30.3 Å².